The molecule has 0 saturated heterocycles. The van der Waals surface area contributed by atoms with Crippen LogP contribution in [0, 0.1) is 0 Å². The first-order valence-corrected chi connectivity index (χ1v) is 9.06. The lowest BCUT2D eigenvalue weighted by Gasteiger charge is -2.07. The number of amides is 1. The topological polar surface area (TPSA) is 51.2 Å². The molecule has 2 aromatic rings. The number of carbonyl (C=O) groups excluding carboxylic acids is 1. The van der Waals surface area contributed by atoms with Crippen LogP contribution in [-0.4, -0.2) is 30.3 Å². The highest BCUT2D eigenvalue weighted by Crippen LogP contribution is 2.25. The fourth-order valence-corrected chi connectivity index (χ4v) is 4.11. The van der Waals surface area contributed by atoms with Crippen LogP contribution in [0.2, 0.25) is 0 Å². The van der Waals surface area contributed by atoms with Crippen LogP contribution in [0.3, 0.4) is 0 Å². The number of thioether (sulfide) groups is 1. The molecule has 0 aliphatic rings. The number of carbonyl (C=O) groups is 1. The zero-order valence-electron chi connectivity index (χ0n) is 11.5. The number of hydrogen-bond donors (Lipinski definition) is 1. The Morgan fingerprint density at radius 1 is 1.48 bits per heavy atom. The standard InChI is InChI=1S/C14H15BrN2O2S2/c1-19-14-11(3-2-6-17-14)13(18)16-7-8-20-9-10-4-5-12(15)21-10/h2-6H,7-9H2,1H3,(H,16,18). The van der Waals surface area contributed by atoms with Crippen molar-refractivity contribution in [3.8, 4) is 5.88 Å². The minimum Gasteiger partial charge on any atom is -0.480 e. The van der Waals surface area contributed by atoms with Gasteiger partial charge in [0.15, 0.2) is 0 Å². The smallest absolute Gasteiger partial charge is 0.256 e. The molecule has 1 amide bonds. The van der Waals surface area contributed by atoms with Crippen molar-refractivity contribution in [2.45, 2.75) is 5.75 Å². The molecule has 0 bridgehead atoms. The van der Waals surface area contributed by atoms with Crippen molar-refractivity contribution >= 4 is 44.9 Å². The van der Waals surface area contributed by atoms with Crippen LogP contribution < -0.4 is 10.1 Å². The summed E-state index contributed by atoms with van der Waals surface area (Å²) in [4.78, 5) is 17.4. The Kier molecular flexibility index (Phi) is 6.53. The summed E-state index contributed by atoms with van der Waals surface area (Å²) < 4.78 is 6.22. The molecule has 0 unspecified atom stereocenters. The molecule has 112 valence electrons. The van der Waals surface area contributed by atoms with Gasteiger partial charge in [0.05, 0.1) is 10.9 Å². The monoisotopic (exact) mass is 386 g/mol. The number of halogens is 1. The van der Waals surface area contributed by atoms with E-state index in [0.29, 0.717) is 18.0 Å². The number of hydrogen-bond acceptors (Lipinski definition) is 5. The third-order valence-corrected chi connectivity index (χ3v) is 5.43. The van der Waals surface area contributed by atoms with Crippen molar-refractivity contribution in [3.63, 3.8) is 0 Å². The van der Waals surface area contributed by atoms with Gasteiger partial charge in [-0.1, -0.05) is 0 Å². The average molecular weight is 387 g/mol. The number of ether oxygens (including phenoxy) is 1. The van der Waals surface area contributed by atoms with E-state index in [0.717, 1.165) is 15.3 Å². The maximum Gasteiger partial charge on any atom is 0.256 e. The van der Waals surface area contributed by atoms with Crippen LogP contribution in [0.25, 0.3) is 0 Å². The first kappa shape index (κ1) is 16.3. The molecule has 2 aromatic heterocycles. The second-order valence-electron chi connectivity index (χ2n) is 4.07. The predicted molar refractivity (Wildman–Crippen MR) is 91.3 cm³/mol. The van der Waals surface area contributed by atoms with E-state index in [4.69, 9.17) is 4.74 Å². The van der Waals surface area contributed by atoms with Crippen LogP contribution in [0.5, 0.6) is 5.88 Å². The minimum absolute atomic E-state index is 0.153. The van der Waals surface area contributed by atoms with Gasteiger partial charge in [-0.15, -0.1) is 11.3 Å². The summed E-state index contributed by atoms with van der Waals surface area (Å²) in [5.41, 5.74) is 0.465. The van der Waals surface area contributed by atoms with Gasteiger partial charge in [-0.05, 0) is 40.2 Å². The Balaban J connectivity index is 1.72. The third kappa shape index (κ3) is 5.01. The molecule has 7 heteroatoms. The average Bonchev–Trinajstić information content (AvgIpc) is 2.92. The van der Waals surface area contributed by atoms with Crippen molar-refractivity contribution in [2.75, 3.05) is 19.4 Å². The summed E-state index contributed by atoms with van der Waals surface area (Å²) in [7, 11) is 1.51. The molecule has 0 aliphatic carbocycles. The van der Waals surface area contributed by atoms with E-state index in [1.54, 1.807) is 41.4 Å². The lowest BCUT2D eigenvalue weighted by atomic mass is 10.2. The van der Waals surface area contributed by atoms with Gasteiger partial charge in [-0.25, -0.2) is 4.98 Å². The van der Waals surface area contributed by atoms with Gasteiger partial charge >= 0.3 is 0 Å². The van der Waals surface area contributed by atoms with E-state index in [1.807, 2.05) is 0 Å². The van der Waals surface area contributed by atoms with E-state index in [-0.39, 0.29) is 5.91 Å². The van der Waals surface area contributed by atoms with E-state index in [1.165, 1.54) is 12.0 Å². The Bertz CT molecular complexity index is 604. The maximum atomic E-state index is 12.0. The Morgan fingerprint density at radius 2 is 2.33 bits per heavy atom. The fourth-order valence-electron chi connectivity index (χ4n) is 1.66. The Morgan fingerprint density at radius 3 is 3.05 bits per heavy atom. The van der Waals surface area contributed by atoms with E-state index >= 15 is 0 Å². The summed E-state index contributed by atoms with van der Waals surface area (Å²) in [6.07, 6.45) is 1.60. The predicted octanol–water partition coefficient (Wildman–Crippen LogP) is 3.58. The van der Waals surface area contributed by atoms with Gasteiger partial charge in [0.1, 0.15) is 5.56 Å². The highest BCUT2D eigenvalue weighted by Gasteiger charge is 2.11. The molecule has 2 rings (SSSR count). The van der Waals surface area contributed by atoms with E-state index in [2.05, 4.69) is 38.4 Å². The number of aromatic nitrogens is 1. The van der Waals surface area contributed by atoms with Crippen LogP contribution >= 0.6 is 39.0 Å². The van der Waals surface area contributed by atoms with Crippen LogP contribution in [0.4, 0.5) is 0 Å². The van der Waals surface area contributed by atoms with Crippen molar-refractivity contribution in [1.82, 2.24) is 10.3 Å². The Labute approximate surface area is 140 Å². The number of methoxy groups -OCH3 is 1. The van der Waals surface area contributed by atoms with E-state index < -0.39 is 0 Å². The molecule has 0 aliphatic heterocycles. The fraction of sp³-hybridized carbons (Fsp3) is 0.286. The first-order valence-electron chi connectivity index (χ1n) is 6.30. The van der Waals surface area contributed by atoms with Gasteiger partial charge in [-0.3, -0.25) is 4.79 Å². The lowest BCUT2D eigenvalue weighted by Crippen LogP contribution is -2.26. The quantitative estimate of drug-likeness (QED) is 0.738. The molecule has 21 heavy (non-hydrogen) atoms. The van der Waals surface area contributed by atoms with Gasteiger partial charge in [0.2, 0.25) is 5.88 Å². The van der Waals surface area contributed by atoms with Crippen LogP contribution in [-0.2, 0) is 5.75 Å². The largest absolute Gasteiger partial charge is 0.480 e. The maximum absolute atomic E-state index is 12.0. The zero-order chi connectivity index (χ0) is 15.1. The molecular formula is C14H15BrN2O2S2. The summed E-state index contributed by atoms with van der Waals surface area (Å²) in [5, 5.41) is 2.88. The molecule has 2 heterocycles. The molecule has 0 fully saturated rings. The summed E-state index contributed by atoms with van der Waals surface area (Å²) >= 11 is 6.98. The van der Waals surface area contributed by atoms with Gasteiger partial charge in [0.25, 0.3) is 5.91 Å². The normalized spacial score (nSPS) is 10.4. The number of thiophene rings is 1. The van der Waals surface area contributed by atoms with Gasteiger partial charge in [0, 0.05) is 29.1 Å². The molecule has 0 saturated carbocycles. The molecule has 0 spiro atoms. The summed E-state index contributed by atoms with van der Waals surface area (Å²) in [6.45, 7) is 0.619. The van der Waals surface area contributed by atoms with E-state index in [9.17, 15) is 4.79 Å². The van der Waals surface area contributed by atoms with Crippen molar-refractivity contribution < 1.29 is 9.53 Å². The first-order chi connectivity index (χ1) is 10.2. The highest BCUT2D eigenvalue weighted by atomic mass is 79.9. The van der Waals surface area contributed by atoms with Crippen molar-refractivity contribution in [2.24, 2.45) is 0 Å². The Hall–Kier alpha value is -1.05. The lowest BCUT2D eigenvalue weighted by molar-refractivity contribution is 0.0952. The summed E-state index contributed by atoms with van der Waals surface area (Å²) in [5.74, 6) is 2.03. The molecule has 0 aromatic carbocycles. The second-order valence-corrected chi connectivity index (χ2v) is 7.73. The van der Waals surface area contributed by atoms with Gasteiger partial charge in [-0.2, -0.15) is 11.8 Å². The molecule has 0 radical (unpaired) electrons. The molecule has 0 atom stereocenters. The van der Waals surface area contributed by atoms with Crippen molar-refractivity contribution in [1.29, 1.82) is 0 Å². The number of nitrogens with one attached hydrogen (secondary N) is 1. The number of pyridine rings is 1. The summed E-state index contributed by atoms with van der Waals surface area (Å²) in [6, 6.07) is 7.59. The van der Waals surface area contributed by atoms with Crippen LogP contribution in [0.1, 0.15) is 15.2 Å². The SMILES string of the molecule is COc1ncccc1C(=O)NCCSCc1ccc(Br)s1. The van der Waals surface area contributed by atoms with Crippen molar-refractivity contribution in [3.05, 3.63) is 44.7 Å². The molecular weight excluding hydrogens is 372 g/mol. The molecule has 1 N–H and O–H groups in total. The third-order valence-electron chi connectivity index (χ3n) is 2.61. The minimum atomic E-state index is -0.153. The zero-order valence-corrected chi connectivity index (χ0v) is 14.7. The molecule has 4 nitrogen and oxygen atoms in total. The van der Waals surface area contributed by atoms with Gasteiger partial charge < -0.3 is 10.1 Å². The van der Waals surface area contributed by atoms with Crippen LogP contribution in [0.15, 0.2) is 34.2 Å². The second kappa shape index (κ2) is 8.41. The number of rotatable bonds is 7. The number of nitrogens with zero attached hydrogens (tertiary/aromatic N) is 1. The highest BCUT2D eigenvalue weighted by molar-refractivity contribution is 9.11.